The summed E-state index contributed by atoms with van der Waals surface area (Å²) in [5.41, 5.74) is 2.12. The zero-order valence-electron chi connectivity index (χ0n) is 11.2. The van der Waals surface area contributed by atoms with Gasteiger partial charge in [-0.05, 0) is 29.8 Å². The molecule has 0 fully saturated rings. The van der Waals surface area contributed by atoms with E-state index in [-0.39, 0.29) is 18.1 Å². The molecule has 1 heterocycles. The van der Waals surface area contributed by atoms with Gasteiger partial charge < -0.3 is 5.32 Å². The van der Waals surface area contributed by atoms with Crippen molar-refractivity contribution >= 4 is 22.5 Å². The second-order valence-electron chi connectivity index (χ2n) is 4.73. The van der Waals surface area contributed by atoms with Gasteiger partial charge in [0.1, 0.15) is 5.82 Å². The van der Waals surface area contributed by atoms with Crippen LogP contribution in [-0.2, 0) is 11.2 Å². The molecule has 4 heteroatoms. The van der Waals surface area contributed by atoms with Crippen molar-refractivity contribution in [2.45, 2.75) is 6.42 Å². The summed E-state index contributed by atoms with van der Waals surface area (Å²) in [6, 6.07) is 15.4. The first-order chi connectivity index (χ1) is 10.2. The molecule has 1 amide bonds. The van der Waals surface area contributed by atoms with E-state index in [1.165, 1.54) is 12.1 Å². The predicted octanol–water partition coefficient (Wildman–Crippen LogP) is 3.56. The minimum Gasteiger partial charge on any atom is -0.326 e. The topological polar surface area (TPSA) is 42.0 Å². The Kier molecular flexibility index (Phi) is 3.60. The Morgan fingerprint density at radius 1 is 1.10 bits per heavy atom. The number of nitrogens with one attached hydrogen (secondary N) is 1. The van der Waals surface area contributed by atoms with E-state index in [0.29, 0.717) is 5.69 Å². The third-order valence-electron chi connectivity index (χ3n) is 3.18. The number of fused-ring (bicyclic) bond motifs is 1. The van der Waals surface area contributed by atoms with E-state index in [9.17, 15) is 9.18 Å². The lowest BCUT2D eigenvalue weighted by atomic mass is 10.1. The fraction of sp³-hybridized carbons (Fsp3) is 0.0588. The number of amides is 1. The molecule has 0 aliphatic carbocycles. The van der Waals surface area contributed by atoms with Crippen molar-refractivity contribution in [3.8, 4) is 0 Å². The quantitative estimate of drug-likeness (QED) is 0.797. The third-order valence-corrected chi connectivity index (χ3v) is 3.18. The Morgan fingerprint density at radius 2 is 1.90 bits per heavy atom. The Morgan fingerprint density at radius 3 is 2.76 bits per heavy atom. The van der Waals surface area contributed by atoms with E-state index in [0.717, 1.165) is 16.5 Å². The summed E-state index contributed by atoms with van der Waals surface area (Å²) in [4.78, 5) is 16.4. The molecular formula is C17H13FN2O. The smallest absolute Gasteiger partial charge is 0.228 e. The van der Waals surface area contributed by atoms with Crippen LogP contribution in [0.2, 0.25) is 0 Å². The molecule has 2 aromatic carbocycles. The zero-order chi connectivity index (χ0) is 14.7. The van der Waals surface area contributed by atoms with Crippen LogP contribution in [0.15, 0.2) is 60.8 Å². The number of halogens is 1. The fourth-order valence-electron chi connectivity index (χ4n) is 2.25. The number of pyridine rings is 1. The molecule has 0 unspecified atom stereocenters. The summed E-state index contributed by atoms with van der Waals surface area (Å²) in [5, 5.41) is 3.68. The largest absolute Gasteiger partial charge is 0.326 e. The highest BCUT2D eigenvalue weighted by atomic mass is 19.1. The molecule has 104 valence electrons. The molecule has 0 atom stereocenters. The standard InChI is InChI=1S/C17H13FN2O/c18-14-7-2-8-15(11-14)20-16(21)10-13-5-1-4-12-6-3-9-19-17(12)13/h1-9,11H,10H2,(H,20,21). The first kappa shape index (κ1) is 13.2. The van der Waals surface area contributed by atoms with Crippen LogP contribution in [0, 0.1) is 5.82 Å². The fourth-order valence-corrected chi connectivity index (χ4v) is 2.25. The number of para-hydroxylation sites is 1. The normalized spacial score (nSPS) is 10.5. The lowest BCUT2D eigenvalue weighted by molar-refractivity contribution is -0.115. The van der Waals surface area contributed by atoms with E-state index in [1.807, 2.05) is 30.3 Å². The van der Waals surface area contributed by atoms with E-state index in [2.05, 4.69) is 10.3 Å². The molecule has 0 saturated carbocycles. The van der Waals surface area contributed by atoms with Crippen LogP contribution in [0.25, 0.3) is 10.9 Å². The van der Waals surface area contributed by atoms with Crippen molar-refractivity contribution in [2.24, 2.45) is 0 Å². The molecule has 0 bridgehead atoms. The van der Waals surface area contributed by atoms with Gasteiger partial charge in [-0.2, -0.15) is 0 Å². The van der Waals surface area contributed by atoms with E-state index in [1.54, 1.807) is 18.3 Å². The molecule has 3 nitrogen and oxygen atoms in total. The molecule has 0 aliphatic heterocycles. The molecule has 0 radical (unpaired) electrons. The Labute approximate surface area is 121 Å². The minimum atomic E-state index is -0.375. The number of anilines is 1. The van der Waals surface area contributed by atoms with Gasteiger partial charge in [-0.1, -0.05) is 30.3 Å². The average Bonchev–Trinajstić information content (AvgIpc) is 2.47. The van der Waals surface area contributed by atoms with Crippen molar-refractivity contribution in [1.29, 1.82) is 0 Å². The molecule has 1 N–H and O–H groups in total. The van der Waals surface area contributed by atoms with Crippen molar-refractivity contribution < 1.29 is 9.18 Å². The maximum Gasteiger partial charge on any atom is 0.228 e. The first-order valence-corrected chi connectivity index (χ1v) is 6.60. The van der Waals surface area contributed by atoms with Gasteiger partial charge in [0, 0.05) is 17.3 Å². The number of carbonyl (C=O) groups excluding carboxylic acids is 1. The Bertz CT molecular complexity index is 796. The molecule has 1 aromatic heterocycles. The average molecular weight is 280 g/mol. The van der Waals surface area contributed by atoms with Gasteiger partial charge in [-0.3, -0.25) is 9.78 Å². The molecule has 3 aromatic rings. The van der Waals surface area contributed by atoms with Crippen LogP contribution >= 0.6 is 0 Å². The highest BCUT2D eigenvalue weighted by molar-refractivity contribution is 5.95. The summed E-state index contributed by atoms with van der Waals surface area (Å²) >= 11 is 0. The van der Waals surface area contributed by atoms with Gasteiger partial charge in [0.25, 0.3) is 0 Å². The molecule has 3 rings (SSSR count). The summed E-state index contributed by atoms with van der Waals surface area (Å²) in [7, 11) is 0. The predicted molar refractivity (Wildman–Crippen MR) is 80.5 cm³/mol. The summed E-state index contributed by atoms with van der Waals surface area (Å²) in [6.45, 7) is 0. The van der Waals surface area contributed by atoms with Crippen LogP contribution in [0.3, 0.4) is 0 Å². The monoisotopic (exact) mass is 280 g/mol. The molecule has 0 saturated heterocycles. The molecular weight excluding hydrogens is 267 g/mol. The summed E-state index contributed by atoms with van der Waals surface area (Å²) in [5.74, 6) is -0.571. The highest BCUT2D eigenvalue weighted by Crippen LogP contribution is 2.17. The maximum absolute atomic E-state index is 13.1. The maximum atomic E-state index is 13.1. The van der Waals surface area contributed by atoms with Crippen LogP contribution in [0.1, 0.15) is 5.56 Å². The van der Waals surface area contributed by atoms with Gasteiger partial charge in [0.2, 0.25) is 5.91 Å². The van der Waals surface area contributed by atoms with Crippen LogP contribution in [0.5, 0.6) is 0 Å². The van der Waals surface area contributed by atoms with Crippen molar-refractivity contribution in [3.63, 3.8) is 0 Å². The molecule has 21 heavy (non-hydrogen) atoms. The Hall–Kier alpha value is -2.75. The Balaban J connectivity index is 1.80. The lowest BCUT2D eigenvalue weighted by Crippen LogP contribution is -2.14. The lowest BCUT2D eigenvalue weighted by Gasteiger charge is -2.07. The SMILES string of the molecule is O=C(Cc1cccc2cccnc12)Nc1cccc(F)c1. The number of hydrogen-bond donors (Lipinski definition) is 1. The van der Waals surface area contributed by atoms with Gasteiger partial charge in [-0.15, -0.1) is 0 Å². The van der Waals surface area contributed by atoms with E-state index in [4.69, 9.17) is 0 Å². The van der Waals surface area contributed by atoms with E-state index >= 15 is 0 Å². The number of rotatable bonds is 3. The molecule has 0 spiro atoms. The van der Waals surface area contributed by atoms with Gasteiger partial charge in [0.15, 0.2) is 0 Å². The summed E-state index contributed by atoms with van der Waals surface area (Å²) < 4.78 is 13.1. The number of carbonyl (C=O) groups is 1. The van der Waals surface area contributed by atoms with Gasteiger partial charge in [-0.25, -0.2) is 4.39 Å². The number of nitrogens with zero attached hydrogens (tertiary/aromatic N) is 1. The third kappa shape index (κ3) is 3.05. The van der Waals surface area contributed by atoms with E-state index < -0.39 is 0 Å². The minimum absolute atomic E-state index is 0.196. The van der Waals surface area contributed by atoms with Crippen molar-refractivity contribution in [1.82, 2.24) is 4.98 Å². The van der Waals surface area contributed by atoms with Crippen molar-refractivity contribution in [3.05, 3.63) is 72.2 Å². The molecule has 0 aliphatic rings. The zero-order valence-corrected chi connectivity index (χ0v) is 11.2. The number of aromatic nitrogens is 1. The highest BCUT2D eigenvalue weighted by Gasteiger charge is 2.08. The van der Waals surface area contributed by atoms with Crippen LogP contribution in [-0.4, -0.2) is 10.9 Å². The van der Waals surface area contributed by atoms with Gasteiger partial charge >= 0.3 is 0 Å². The number of hydrogen-bond acceptors (Lipinski definition) is 2. The first-order valence-electron chi connectivity index (χ1n) is 6.60. The number of benzene rings is 2. The summed E-state index contributed by atoms with van der Waals surface area (Å²) in [6.07, 6.45) is 1.90. The van der Waals surface area contributed by atoms with Crippen LogP contribution in [0.4, 0.5) is 10.1 Å². The van der Waals surface area contributed by atoms with Gasteiger partial charge in [0.05, 0.1) is 11.9 Å². The van der Waals surface area contributed by atoms with Crippen molar-refractivity contribution in [2.75, 3.05) is 5.32 Å². The second-order valence-corrected chi connectivity index (χ2v) is 4.73. The van der Waals surface area contributed by atoms with Crippen LogP contribution < -0.4 is 5.32 Å². The second kappa shape index (κ2) is 5.71.